The van der Waals surface area contributed by atoms with E-state index >= 15 is 0 Å². The molecule has 0 aliphatic carbocycles. The van der Waals surface area contributed by atoms with Crippen molar-refractivity contribution < 1.29 is 139 Å². The first-order valence-corrected chi connectivity index (χ1v) is 41.9. The summed E-state index contributed by atoms with van der Waals surface area (Å²) in [5.41, 5.74) is 4.12. The zero-order valence-electron chi connectivity index (χ0n) is 64.8. The van der Waals surface area contributed by atoms with Gasteiger partial charge in [0.2, 0.25) is 0 Å². The van der Waals surface area contributed by atoms with E-state index in [1.807, 2.05) is 0 Å². The average molecular weight is 1530 g/mol. The van der Waals surface area contributed by atoms with Crippen LogP contribution in [-0.4, -0.2) is 93.5 Å². The molecule has 0 bridgehead atoms. The minimum atomic E-state index is -5.20. The van der Waals surface area contributed by atoms with Crippen LogP contribution in [0.4, 0.5) is 0 Å². The smallest absolute Gasteiger partial charge is 0.756 e. The molecule has 5 unspecified atom stereocenters. The summed E-state index contributed by atoms with van der Waals surface area (Å²) >= 11 is 0. The Bertz CT molecular complexity index is 2410. The molecular weight excluding hydrogens is 1390 g/mol. The zero-order chi connectivity index (χ0) is 72.8. The Morgan fingerprint density at radius 3 is 0.922 bits per heavy atom. The van der Waals surface area contributed by atoms with E-state index in [0.717, 1.165) is 116 Å². The number of phosphoric ester groups is 2. The molecule has 18 nitrogen and oxygen atoms in total. The SMILES string of the molecule is CC(NCCC(c1ccccc1)c1ccccc1)c1ccccc1.CCCCCCCCCCCC(=O)OCC(COP(=O)([O-])OCC(O)COP(=O)([O-])OCC(COC(=O)CCCCCCCCCCC)OC(=O)CCCCCCCCCCC)OC(=O)CCCCCCCCCCC.Cl.[Na+].[Na+]. The summed E-state index contributed by atoms with van der Waals surface area (Å²) in [5, 5.41) is 14.1. The van der Waals surface area contributed by atoms with Crippen molar-refractivity contribution in [3.8, 4) is 0 Å². The molecule has 0 aliphatic heterocycles. The number of hydrogen-bond donors (Lipinski definition) is 2. The fourth-order valence-corrected chi connectivity index (χ4v) is 13.1. The van der Waals surface area contributed by atoms with Crippen LogP contribution in [0.3, 0.4) is 0 Å². The number of rotatable bonds is 65. The van der Waals surface area contributed by atoms with Crippen molar-refractivity contribution in [2.45, 2.75) is 328 Å². The molecule has 580 valence electrons. The maximum Gasteiger partial charge on any atom is 1.00 e. The molecule has 0 aromatic heterocycles. The second-order valence-corrected chi connectivity index (χ2v) is 29.7. The first kappa shape index (κ1) is 103. The van der Waals surface area contributed by atoms with Crippen molar-refractivity contribution >= 4 is 51.9 Å². The Balaban J connectivity index is 0. The van der Waals surface area contributed by atoms with Crippen molar-refractivity contribution in [2.75, 3.05) is 46.2 Å². The summed E-state index contributed by atoms with van der Waals surface area (Å²) in [6.45, 7) is 7.59. The number of aliphatic hydroxyl groups is 1. The summed E-state index contributed by atoms with van der Waals surface area (Å²) in [6, 6.07) is 32.6. The van der Waals surface area contributed by atoms with Gasteiger partial charge in [-0.1, -0.05) is 324 Å². The first-order chi connectivity index (χ1) is 48.5. The number of esters is 4. The third kappa shape index (κ3) is 60.5. The van der Waals surface area contributed by atoms with Gasteiger partial charge in [0.15, 0.2) is 12.2 Å². The van der Waals surface area contributed by atoms with E-state index in [1.165, 1.54) is 119 Å². The van der Waals surface area contributed by atoms with Crippen LogP contribution >= 0.6 is 28.1 Å². The average Bonchev–Trinajstić information content (AvgIpc) is 0.877. The molecule has 0 heterocycles. The number of carbonyl (C=O) groups excluding carboxylic acids is 4. The van der Waals surface area contributed by atoms with Crippen LogP contribution in [0.1, 0.15) is 327 Å². The van der Waals surface area contributed by atoms with E-state index in [-0.39, 0.29) is 97.2 Å². The van der Waals surface area contributed by atoms with Crippen molar-refractivity contribution in [1.29, 1.82) is 0 Å². The van der Waals surface area contributed by atoms with Gasteiger partial charge in [-0.25, -0.2) is 0 Å². The molecule has 0 saturated carbocycles. The molecule has 23 heteroatoms. The van der Waals surface area contributed by atoms with Gasteiger partial charge in [-0.3, -0.25) is 28.3 Å². The molecule has 0 aliphatic rings. The fourth-order valence-electron chi connectivity index (χ4n) is 11.6. The van der Waals surface area contributed by atoms with Gasteiger partial charge in [0.05, 0.1) is 26.4 Å². The van der Waals surface area contributed by atoms with Gasteiger partial charge in [-0.15, -0.1) is 12.4 Å². The van der Waals surface area contributed by atoms with Crippen LogP contribution in [0.15, 0.2) is 91.0 Å². The molecule has 103 heavy (non-hydrogen) atoms. The summed E-state index contributed by atoms with van der Waals surface area (Å²) < 4.78 is 66.7. The minimum Gasteiger partial charge on any atom is -0.756 e. The monoisotopic (exact) mass is 1520 g/mol. The third-order valence-corrected chi connectivity index (χ3v) is 19.5. The number of ether oxygens (including phenoxy) is 4. The van der Waals surface area contributed by atoms with Crippen LogP contribution < -0.4 is 74.2 Å². The molecule has 3 aromatic carbocycles. The maximum atomic E-state index is 12.8. The van der Waals surface area contributed by atoms with Gasteiger partial charge in [0, 0.05) is 37.6 Å². The molecule has 0 spiro atoms. The van der Waals surface area contributed by atoms with Gasteiger partial charge >= 0.3 is 83.0 Å². The van der Waals surface area contributed by atoms with Gasteiger partial charge in [-0.05, 0) is 62.3 Å². The fraction of sp³-hybridized carbons (Fsp3) is 0.725. The van der Waals surface area contributed by atoms with E-state index < -0.39 is 97.5 Å². The van der Waals surface area contributed by atoms with Gasteiger partial charge in [-0.2, -0.15) is 0 Å². The second-order valence-electron chi connectivity index (χ2n) is 26.9. The minimum absolute atomic E-state index is 0. The molecular formula is C80H134ClNNa2O17P2. The molecule has 3 aromatic rings. The summed E-state index contributed by atoms with van der Waals surface area (Å²) in [6.07, 6.45) is 35.3. The summed E-state index contributed by atoms with van der Waals surface area (Å²) in [5.74, 6) is -1.81. The van der Waals surface area contributed by atoms with Gasteiger partial charge in [0.1, 0.15) is 19.3 Å². The number of carbonyl (C=O) groups is 4. The summed E-state index contributed by atoms with van der Waals surface area (Å²) in [4.78, 5) is 76.2. The summed E-state index contributed by atoms with van der Waals surface area (Å²) in [7, 11) is -10.4. The van der Waals surface area contributed by atoms with Gasteiger partial charge < -0.3 is 57.3 Å². The van der Waals surface area contributed by atoms with E-state index in [9.17, 15) is 43.2 Å². The molecule has 3 rings (SSSR count). The second kappa shape index (κ2) is 70.4. The van der Waals surface area contributed by atoms with Crippen molar-refractivity contribution in [2.24, 2.45) is 0 Å². The molecule has 5 atom stereocenters. The molecule has 0 amide bonds. The number of hydrogen-bond acceptors (Lipinski definition) is 18. The van der Waals surface area contributed by atoms with E-state index in [4.69, 9.17) is 37.0 Å². The molecule has 0 saturated heterocycles. The predicted molar refractivity (Wildman–Crippen MR) is 404 cm³/mol. The number of nitrogens with one attached hydrogen (secondary N) is 1. The normalized spacial score (nSPS) is 13.4. The first-order valence-electron chi connectivity index (χ1n) is 39.0. The standard InChI is InChI=1S/C57H110O17P2.C23H25N.ClH.2Na/c1-5-9-13-17-21-25-29-33-37-41-54(59)67-47-52(73-56(61)43-39-35-31-27-23-19-15-11-7-3)49-71-75(63,64)69-45-51(58)46-70-76(65,66)72-50-53(74-57(62)44-40-36-32-28-24-20-16-12-8-4)48-68-55(60)42-38-34-30-26-22-18-14-10-6-2;1-19(20-11-5-2-6-12-20)24-18-17-23(21-13-7-3-8-14-21)22-15-9-4-10-16-22;;;/h51-53,58H,5-50H2,1-4H3,(H,63,64)(H,65,66);2-16,19,23-24H,17-18H2,1H3;1H;;/q;;;2*+1/p-2. The quantitative estimate of drug-likeness (QED) is 0.0175. The maximum absolute atomic E-state index is 12.8. The van der Waals surface area contributed by atoms with Crippen molar-refractivity contribution in [3.05, 3.63) is 108 Å². The Labute approximate surface area is 673 Å². The molecule has 2 N–H and O–H groups in total. The largest absolute Gasteiger partial charge is 1.00 e. The third-order valence-electron chi connectivity index (χ3n) is 17.7. The van der Waals surface area contributed by atoms with E-state index in [0.29, 0.717) is 37.6 Å². The van der Waals surface area contributed by atoms with Crippen molar-refractivity contribution in [1.82, 2.24) is 5.32 Å². The van der Waals surface area contributed by atoms with Crippen LogP contribution in [-0.2, 0) is 65.4 Å². The van der Waals surface area contributed by atoms with E-state index in [1.54, 1.807) is 0 Å². The van der Waals surface area contributed by atoms with E-state index in [2.05, 4.69) is 131 Å². The van der Waals surface area contributed by atoms with Crippen LogP contribution in [0.2, 0.25) is 0 Å². The zero-order valence-corrected chi connectivity index (χ0v) is 71.4. The topological polar surface area (TPSA) is 255 Å². The van der Waals surface area contributed by atoms with Crippen LogP contribution in [0.25, 0.3) is 0 Å². The number of halogens is 1. The van der Waals surface area contributed by atoms with Gasteiger partial charge in [0.25, 0.3) is 15.6 Å². The Morgan fingerprint density at radius 1 is 0.379 bits per heavy atom. The molecule has 0 radical (unpaired) electrons. The van der Waals surface area contributed by atoms with Crippen LogP contribution in [0.5, 0.6) is 0 Å². The number of phosphoric acid groups is 2. The number of benzene rings is 3. The Morgan fingerprint density at radius 2 is 0.631 bits per heavy atom. The number of unbranched alkanes of at least 4 members (excludes halogenated alkanes) is 32. The number of aliphatic hydroxyl groups excluding tert-OH is 1. The Hall–Kier alpha value is -2.03. The predicted octanol–water partition coefficient (Wildman–Crippen LogP) is 13.9. The van der Waals surface area contributed by atoms with Crippen molar-refractivity contribution in [3.63, 3.8) is 0 Å². The van der Waals surface area contributed by atoms with Crippen LogP contribution in [0, 0.1) is 0 Å². The molecule has 0 fully saturated rings. The Kier molecular flexibility index (Phi) is 70.4.